The van der Waals surface area contributed by atoms with Crippen LogP contribution in [-0.4, -0.2) is 17.6 Å². The number of methoxy groups -OCH3 is 1. The van der Waals surface area contributed by atoms with E-state index in [1.165, 1.54) is 29.9 Å². The highest BCUT2D eigenvalue weighted by molar-refractivity contribution is 6.35. The van der Waals surface area contributed by atoms with Gasteiger partial charge in [0, 0.05) is 12.1 Å². The van der Waals surface area contributed by atoms with Crippen LogP contribution in [0.5, 0.6) is 0 Å². The molecule has 0 radical (unpaired) electrons. The molecule has 0 spiro atoms. The van der Waals surface area contributed by atoms with Crippen molar-refractivity contribution < 1.29 is 27.1 Å². The molecule has 0 aliphatic heterocycles. The van der Waals surface area contributed by atoms with Crippen molar-refractivity contribution in [2.75, 3.05) is 7.11 Å². The maximum Gasteiger partial charge on any atom is 0.419 e. The summed E-state index contributed by atoms with van der Waals surface area (Å²) < 4.78 is 59.3. The summed E-state index contributed by atoms with van der Waals surface area (Å²) in [5.41, 5.74) is -0.987. The van der Waals surface area contributed by atoms with Crippen LogP contribution in [0.3, 0.4) is 0 Å². The van der Waals surface area contributed by atoms with E-state index in [-0.39, 0.29) is 27.8 Å². The molecule has 3 rings (SSSR count). The molecule has 0 aliphatic carbocycles. The number of pyridine rings is 1. The minimum Gasteiger partial charge on any atom is -0.465 e. The number of aryl methyl sites for hydroxylation is 1. The van der Waals surface area contributed by atoms with Gasteiger partial charge in [-0.3, -0.25) is 4.79 Å². The lowest BCUT2D eigenvalue weighted by Gasteiger charge is -2.13. The predicted molar refractivity (Wildman–Crippen MR) is 123 cm³/mol. The maximum atomic E-state index is 14.4. The van der Waals surface area contributed by atoms with E-state index in [1.807, 2.05) is 0 Å². The van der Waals surface area contributed by atoms with Gasteiger partial charge in [-0.2, -0.15) is 13.2 Å². The van der Waals surface area contributed by atoms with E-state index >= 15 is 0 Å². The minimum absolute atomic E-state index is 0.0641. The van der Waals surface area contributed by atoms with Gasteiger partial charge in [-0.05, 0) is 48.4 Å². The fourth-order valence-electron chi connectivity index (χ4n) is 3.24. The first-order valence-corrected chi connectivity index (χ1v) is 10.6. The Balaban J connectivity index is 1.94. The molecule has 0 unspecified atom stereocenters. The highest BCUT2D eigenvalue weighted by Gasteiger charge is 2.34. The molecule has 3 aromatic rings. The second kappa shape index (κ2) is 10.4. The van der Waals surface area contributed by atoms with Crippen molar-refractivity contribution in [1.29, 1.82) is 0 Å². The van der Waals surface area contributed by atoms with Gasteiger partial charge in [-0.15, -0.1) is 0 Å². The van der Waals surface area contributed by atoms with Gasteiger partial charge in [-0.1, -0.05) is 47.5 Å². The Morgan fingerprint density at radius 2 is 1.74 bits per heavy atom. The third kappa shape index (κ3) is 5.69. The Morgan fingerprint density at radius 1 is 1.06 bits per heavy atom. The monoisotopic (exact) mass is 513 g/mol. The van der Waals surface area contributed by atoms with Crippen molar-refractivity contribution in [3.8, 4) is 0 Å². The highest BCUT2D eigenvalue weighted by atomic mass is 35.5. The van der Waals surface area contributed by atoms with Crippen LogP contribution in [-0.2, 0) is 23.9 Å². The molecule has 178 valence electrons. The van der Waals surface area contributed by atoms with E-state index in [4.69, 9.17) is 23.2 Å². The van der Waals surface area contributed by atoms with Crippen molar-refractivity contribution in [2.24, 2.45) is 0 Å². The van der Waals surface area contributed by atoms with Gasteiger partial charge in [-0.25, -0.2) is 9.18 Å². The average molecular weight is 514 g/mol. The van der Waals surface area contributed by atoms with Crippen LogP contribution in [0, 0.1) is 5.82 Å². The van der Waals surface area contributed by atoms with Gasteiger partial charge in [0.05, 0.1) is 29.0 Å². The fourth-order valence-corrected chi connectivity index (χ4v) is 3.78. The van der Waals surface area contributed by atoms with Crippen molar-refractivity contribution in [2.45, 2.75) is 19.1 Å². The molecule has 0 bridgehead atoms. The smallest absolute Gasteiger partial charge is 0.419 e. The first-order valence-electron chi connectivity index (χ1n) is 9.82. The quantitative estimate of drug-likeness (QED) is 0.278. The largest absolute Gasteiger partial charge is 0.465 e. The highest BCUT2D eigenvalue weighted by Crippen LogP contribution is 2.33. The number of carbonyl (C=O) groups is 1. The lowest BCUT2D eigenvalue weighted by molar-refractivity contribution is -0.140. The molecule has 0 N–H and O–H groups in total. The Labute approximate surface area is 202 Å². The Morgan fingerprint density at radius 3 is 2.35 bits per heavy atom. The molecule has 1 aromatic heterocycles. The first-order chi connectivity index (χ1) is 16.0. The number of hydrogen-bond donors (Lipinski definition) is 0. The predicted octanol–water partition coefficient (Wildman–Crippen LogP) is 6.51. The maximum absolute atomic E-state index is 14.4. The molecule has 4 nitrogen and oxygen atoms in total. The number of esters is 1. The summed E-state index contributed by atoms with van der Waals surface area (Å²) in [6.45, 7) is 0.113. The van der Waals surface area contributed by atoms with E-state index in [1.54, 1.807) is 24.3 Å². The minimum atomic E-state index is -4.85. The summed E-state index contributed by atoms with van der Waals surface area (Å²) in [7, 11) is 1.27. The molecular weight excluding hydrogens is 497 g/mol. The number of aromatic nitrogens is 1. The van der Waals surface area contributed by atoms with Gasteiger partial charge >= 0.3 is 12.1 Å². The van der Waals surface area contributed by atoms with Crippen LogP contribution in [0.2, 0.25) is 10.0 Å². The molecule has 0 atom stereocenters. The van der Waals surface area contributed by atoms with Gasteiger partial charge in [0.2, 0.25) is 0 Å². The van der Waals surface area contributed by atoms with Crippen LogP contribution < -0.4 is 5.56 Å². The fraction of sp³-hybridized carbons (Fsp3) is 0.167. The molecule has 34 heavy (non-hydrogen) atoms. The number of hydrogen-bond acceptors (Lipinski definition) is 3. The molecule has 0 aliphatic rings. The first kappa shape index (κ1) is 25.5. The van der Waals surface area contributed by atoms with Crippen LogP contribution in [0.25, 0.3) is 12.2 Å². The SMILES string of the molecule is COC(=O)c1ccc(CCn2c(/C=C/c3cccc(C(F)(F)F)c3F)c(Cl)cc(Cl)c2=O)cc1. The Hall–Kier alpha value is -3.10. The molecular formula is C24H17Cl2F4NO3. The summed E-state index contributed by atoms with van der Waals surface area (Å²) >= 11 is 12.2. The molecule has 0 amide bonds. The van der Waals surface area contributed by atoms with E-state index in [0.717, 1.165) is 17.7 Å². The van der Waals surface area contributed by atoms with Crippen LogP contribution in [0.15, 0.2) is 53.3 Å². The van der Waals surface area contributed by atoms with Crippen molar-refractivity contribution >= 4 is 41.3 Å². The van der Waals surface area contributed by atoms with Gasteiger partial charge in [0.15, 0.2) is 0 Å². The molecule has 0 saturated heterocycles. The van der Waals surface area contributed by atoms with Gasteiger partial charge < -0.3 is 9.30 Å². The Bertz CT molecular complexity index is 1300. The van der Waals surface area contributed by atoms with Gasteiger partial charge in [0.25, 0.3) is 5.56 Å². The number of rotatable bonds is 6. The zero-order valence-electron chi connectivity index (χ0n) is 17.6. The lowest BCUT2D eigenvalue weighted by atomic mass is 10.1. The van der Waals surface area contributed by atoms with Crippen LogP contribution >= 0.6 is 23.2 Å². The van der Waals surface area contributed by atoms with Crippen molar-refractivity contribution in [3.63, 3.8) is 0 Å². The summed E-state index contributed by atoms with van der Waals surface area (Å²) in [6, 6.07) is 10.7. The number of halogens is 6. The Kier molecular flexibility index (Phi) is 7.84. The van der Waals surface area contributed by atoms with Crippen molar-refractivity contribution in [1.82, 2.24) is 4.57 Å². The zero-order chi connectivity index (χ0) is 25.0. The number of benzene rings is 2. The van der Waals surface area contributed by atoms with Gasteiger partial charge in [0.1, 0.15) is 10.8 Å². The normalized spacial score (nSPS) is 11.7. The second-order valence-corrected chi connectivity index (χ2v) is 7.98. The van der Waals surface area contributed by atoms with Crippen LogP contribution in [0.1, 0.15) is 32.7 Å². The molecule has 0 saturated carbocycles. The van der Waals surface area contributed by atoms with Crippen molar-refractivity contribution in [3.05, 3.63) is 103 Å². The van der Waals surface area contributed by atoms with E-state index in [0.29, 0.717) is 18.1 Å². The second-order valence-electron chi connectivity index (χ2n) is 7.16. The standard InChI is InChI=1S/C24H17Cl2F4NO3/c1-34-23(33)16-7-5-14(6-8-16)11-12-31-20(18(25)13-19(26)22(31)32)10-9-15-3-2-4-17(21(15)27)24(28,29)30/h2-10,13H,11-12H2,1H3/b10-9+. The lowest BCUT2D eigenvalue weighted by Crippen LogP contribution is -2.24. The van der Waals surface area contributed by atoms with E-state index < -0.39 is 29.1 Å². The summed E-state index contributed by atoms with van der Waals surface area (Å²) in [5.74, 6) is -1.92. The number of carbonyl (C=O) groups excluding carboxylic acids is 1. The van der Waals surface area contributed by atoms with E-state index in [9.17, 15) is 27.2 Å². The summed E-state index contributed by atoms with van der Waals surface area (Å²) in [4.78, 5) is 24.2. The molecule has 0 fully saturated rings. The summed E-state index contributed by atoms with van der Waals surface area (Å²) in [5, 5.41) is -0.0808. The summed E-state index contributed by atoms with van der Waals surface area (Å²) in [6.07, 6.45) is -2.13. The average Bonchev–Trinajstić information content (AvgIpc) is 2.79. The zero-order valence-corrected chi connectivity index (χ0v) is 19.1. The molecule has 2 aromatic carbocycles. The third-order valence-electron chi connectivity index (χ3n) is 4.99. The van der Waals surface area contributed by atoms with E-state index in [2.05, 4.69) is 4.74 Å². The number of ether oxygens (including phenoxy) is 1. The number of alkyl halides is 3. The number of nitrogens with zero attached hydrogens (tertiary/aromatic N) is 1. The molecule has 1 heterocycles. The molecule has 10 heteroatoms. The van der Waals surface area contributed by atoms with Crippen LogP contribution in [0.4, 0.5) is 17.6 Å². The third-order valence-corrected chi connectivity index (χ3v) is 5.57. The topological polar surface area (TPSA) is 48.3 Å².